The van der Waals surface area contributed by atoms with Crippen molar-refractivity contribution in [2.45, 2.75) is 39.3 Å². The minimum atomic E-state index is -1.47. The molecule has 4 rings (SSSR count). The first-order valence-corrected chi connectivity index (χ1v) is 10.4. The second kappa shape index (κ2) is 8.64. The van der Waals surface area contributed by atoms with Crippen molar-refractivity contribution < 1.29 is 18.0 Å². The highest BCUT2D eigenvalue weighted by Crippen LogP contribution is 2.33. The van der Waals surface area contributed by atoms with Crippen LogP contribution in [-0.2, 0) is 24.2 Å². The monoisotopic (exact) mass is 443 g/mol. The maximum atomic E-state index is 13.4. The number of nitrogens with zero attached hydrogens (tertiary/aromatic N) is 4. The van der Waals surface area contributed by atoms with Crippen LogP contribution in [0.2, 0.25) is 0 Å². The van der Waals surface area contributed by atoms with Crippen molar-refractivity contribution in [3.8, 4) is 0 Å². The largest absolute Gasteiger partial charge is 0.361 e. The number of benzene rings is 1. The van der Waals surface area contributed by atoms with Crippen molar-refractivity contribution in [1.82, 2.24) is 14.8 Å². The van der Waals surface area contributed by atoms with Crippen LogP contribution in [-0.4, -0.2) is 33.8 Å². The van der Waals surface area contributed by atoms with Crippen molar-refractivity contribution in [3.05, 3.63) is 71.1 Å². The number of aromatic nitrogens is 3. The lowest BCUT2D eigenvalue weighted by atomic mass is 9.98. The molecule has 0 fully saturated rings. The van der Waals surface area contributed by atoms with E-state index in [-0.39, 0.29) is 30.0 Å². The quantitative estimate of drug-likeness (QED) is 0.587. The van der Waals surface area contributed by atoms with Crippen molar-refractivity contribution in [1.29, 1.82) is 0 Å². The highest BCUT2D eigenvalue weighted by Gasteiger charge is 2.33. The zero-order chi connectivity index (χ0) is 23.0. The van der Waals surface area contributed by atoms with E-state index in [1.165, 1.54) is 0 Å². The number of amides is 1. The number of carbonyl (C=O) groups is 1. The molecule has 1 atom stereocenters. The summed E-state index contributed by atoms with van der Waals surface area (Å²) in [6, 6.07) is 3.68. The van der Waals surface area contributed by atoms with E-state index in [1.807, 2.05) is 31.9 Å². The molecule has 9 heteroatoms. The molecule has 3 aromatic rings. The van der Waals surface area contributed by atoms with E-state index in [0.29, 0.717) is 18.5 Å². The molecular formula is C23H24F3N5O. The van der Waals surface area contributed by atoms with Gasteiger partial charge in [-0.3, -0.25) is 14.5 Å². The van der Waals surface area contributed by atoms with Gasteiger partial charge in [0, 0.05) is 18.9 Å². The van der Waals surface area contributed by atoms with E-state index in [1.54, 1.807) is 23.3 Å². The third kappa shape index (κ3) is 4.32. The Labute approximate surface area is 184 Å². The van der Waals surface area contributed by atoms with Crippen LogP contribution in [0.3, 0.4) is 0 Å². The van der Waals surface area contributed by atoms with Crippen LogP contribution < -0.4 is 10.2 Å². The number of likely N-dealkylation sites (N-methyl/N-ethyl adjacent to an activating group) is 1. The maximum absolute atomic E-state index is 13.4. The summed E-state index contributed by atoms with van der Waals surface area (Å²) in [6.45, 7) is 4.16. The first-order chi connectivity index (χ1) is 15.2. The van der Waals surface area contributed by atoms with Crippen molar-refractivity contribution in [2.24, 2.45) is 5.92 Å². The van der Waals surface area contributed by atoms with Gasteiger partial charge in [-0.1, -0.05) is 13.8 Å². The standard InChI is InChI=1S/C23H24F3N5O/c1-13(2)22-23(32)29-19-10-27-16(8-20(19)30(22)3)5-4-14-9-28-31(11-14)12-15-6-17(24)21(26)18(25)7-15/h6-11,13,22H,4-5,12H2,1-3H3,(H,29,32)/t22-/m0/s1. The lowest BCUT2D eigenvalue weighted by molar-refractivity contribution is -0.118. The lowest BCUT2D eigenvalue weighted by Crippen LogP contribution is -2.49. The number of rotatable bonds is 6. The van der Waals surface area contributed by atoms with Gasteiger partial charge in [0.1, 0.15) is 6.04 Å². The number of aryl methyl sites for hydroxylation is 2. The highest BCUT2D eigenvalue weighted by atomic mass is 19.2. The summed E-state index contributed by atoms with van der Waals surface area (Å²) in [4.78, 5) is 18.8. The fourth-order valence-electron chi connectivity index (χ4n) is 4.07. The number of hydrogen-bond donors (Lipinski definition) is 1. The Morgan fingerprint density at radius 2 is 1.78 bits per heavy atom. The SMILES string of the molecule is CC(C)[C@H]1C(=O)Nc2cnc(CCc3cnn(Cc4cc(F)c(F)c(F)c4)c3)cc2N1C. The van der Waals surface area contributed by atoms with Gasteiger partial charge >= 0.3 is 0 Å². The van der Waals surface area contributed by atoms with Gasteiger partial charge in [-0.05, 0) is 48.1 Å². The van der Waals surface area contributed by atoms with Crippen LogP contribution >= 0.6 is 0 Å². The molecule has 3 heterocycles. The number of nitrogens with one attached hydrogen (secondary N) is 1. The first kappa shape index (κ1) is 21.9. The van der Waals surface area contributed by atoms with E-state index in [4.69, 9.17) is 0 Å². The fraction of sp³-hybridized carbons (Fsp3) is 0.348. The third-order valence-corrected chi connectivity index (χ3v) is 5.64. The summed E-state index contributed by atoms with van der Waals surface area (Å²) in [5.41, 5.74) is 3.74. The molecule has 0 spiro atoms. The third-order valence-electron chi connectivity index (χ3n) is 5.64. The molecule has 0 saturated carbocycles. The predicted molar refractivity (Wildman–Crippen MR) is 115 cm³/mol. The lowest BCUT2D eigenvalue weighted by Gasteiger charge is -2.37. The van der Waals surface area contributed by atoms with Crippen LogP contribution in [0.4, 0.5) is 24.5 Å². The molecule has 1 amide bonds. The molecule has 32 heavy (non-hydrogen) atoms. The number of hydrogen-bond acceptors (Lipinski definition) is 4. The summed E-state index contributed by atoms with van der Waals surface area (Å²) in [5.74, 6) is -3.77. The molecule has 6 nitrogen and oxygen atoms in total. The van der Waals surface area contributed by atoms with E-state index in [9.17, 15) is 18.0 Å². The molecule has 1 N–H and O–H groups in total. The maximum Gasteiger partial charge on any atom is 0.247 e. The second-order valence-corrected chi connectivity index (χ2v) is 8.40. The van der Waals surface area contributed by atoms with Crippen molar-refractivity contribution in [2.75, 3.05) is 17.3 Å². The molecule has 1 aliphatic rings. The molecule has 0 bridgehead atoms. The summed E-state index contributed by atoms with van der Waals surface area (Å²) < 4.78 is 41.5. The number of pyridine rings is 1. The van der Waals surface area contributed by atoms with Gasteiger partial charge in [0.15, 0.2) is 17.5 Å². The molecular weight excluding hydrogens is 419 g/mol. The van der Waals surface area contributed by atoms with E-state index < -0.39 is 17.5 Å². The van der Waals surface area contributed by atoms with Crippen LogP contribution in [0.25, 0.3) is 0 Å². The topological polar surface area (TPSA) is 63.1 Å². The fourth-order valence-corrected chi connectivity index (χ4v) is 4.07. The second-order valence-electron chi connectivity index (χ2n) is 8.40. The summed E-state index contributed by atoms with van der Waals surface area (Å²) in [5, 5.41) is 7.15. The van der Waals surface area contributed by atoms with Crippen LogP contribution in [0.1, 0.15) is 30.7 Å². The Morgan fingerprint density at radius 1 is 1.06 bits per heavy atom. The Kier molecular flexibility index (Phi) is 5.90. The molecule has 0 aliphatic carbocycles. The summed E-state index contributed by atoms with van der Waals surface area (Å²) in [7, 11) is 1.91. The van der Waals surface area contributed by atoms with E-state index in [0.717, 1.165) is 29.1 Å². The zero-order valence-corrected chi connectivity index (χ0v) is 18.1. The average molecular weight is 443 g/mol. The molecule has 168 valence electrons. The van der Waals surface area contributed by atoms with Gasteiger partial charge < -0.3 is 10.2 Å². The minimum absolute atomic E-state index is 0.0297. The summed E-state index contributed by atoms with van der Waals surface area (Å²) in [6.07, 6.45) is 6.49. The Morgan fingerprint density at radius 3 is 2.47 bits per heavy atom. The first-order valence-electron chi connectivity index (χ1n) is 10.4. The Hall–Kier alpha value is -3.36. The molecule has 1 aliphatic heterocycles. The molecule has 0 radical (unpaired) electrons. The van der Waals surface area contributed by atoms with Gasteiger partial charge in [0.25, 0.3) is 0 Å². The summed E-state index contributed by atoms with van der Waals surface area (Å²) >= 11 is 0. The Balaban J connectivity index is 1.43. The molecule has 2 aromatic heterocycles. The zero-order valence-electron chi connectivity index (χ0n) is 18.1. The number of anilines is 2. The molecule has 1 aromatic carbocycles. The Bertz CT molecular complexity index is 1140. The number of halogens is 3. The van der Waals surface area contributed by atoms with Crippen LogP contribution in [0.15, 0.2) is 36.8 Å². The van der Waals surface area contributed by atoms with Gasteiger partial charge in [-0.2, -0.15) is 5.10 Å². The molecule has 0 unspecified atom stereocenters. The smallest absolute Gasteiger partial charge is 0.247 e. The van der Waals surface area contributed by atoms with E-state index in [2.05, 4.69) is 15.4 Å². The van der Waals surface area contributed by atoms with Crippen molar-refractivity contribution in [3.63, 3.8) is 0 Å². The van der Waals surface area contributed by atoms with Gasteiger partial charge in [-0.15, -0.1) is 0 Å². The highest BCUT2D eigenvalue weighted by molar-refractivity contribution is 6.03. The van der Waals surface area contributed by atoms with Gasteiger partial charge in [0.05, 0.1) is 30.3 Å². The predicted octanol–water partition coefficient (Wildman–Crippen LogP) is 3.94. The molecule has 0 saturated heterocycles. The average Bonchev–Trinajstić information content (AvgIpc) is 3.17. The number of fused-ring (bicyclic) bond motifs is 1. The minimum Gasteiger partial charge on any atom is -0.361 e. The van der Waals surface area contributed by atoms with Crippen LogP contribution in [0.5, 0.6) is 0 Å². The number of carbonyl (C=O) groups excluding carboxylic acids is 1. The van der Waals surface area contributed by atoms with Gasteiger partial charge in [0.2, 0.25) is 5.91 Å². The normalized spacial score (nSPS) is 15.8. The van der Waals surface area contributed by atoms with Crippen LogP contribution in [0, 0.1) is 23.4 Å². The van der Waals surface area contributed by atoms with E-state index >= 15 is 0 Å². The van der Waals surface area contributed by atoms with Crippen molar-refractivity contribution >= 4 is 17.3 Å². The van der Waals surface area contributed by atoms with Gasteiger partial charge in [-0.25, -0.2) is 13.2 Å².